The lowest BCUT2D eigenvalue weighted by Crippen LogP contribution is -2.61. The van der Waals surface area contributed by atoms with Crippen LogP contribution in [0, 0.1) is 0 Å². The number of piperidine rings is 1. The van der Waals surface area contributed by atoms with Crippen LogP contribution in [0.25, 0.3) is 0 Å². The van der Waals surface area contributed by atoms with Crippen molar-refractivity contribution in [1.29, 1.82) is 0 Å². The monoisotopic (exact) mass is 320 g/mol. The summed E-state index contributed by atoms with van der Waals surface area (Å²) >= 11 is 0. The Morgan fingerprint density at radius 2 is 1.48 bits per heavy atom. The fourth-order valence-electron chi connectivity index (χ4n) is 5.23. The topological polar surface area (TPSA) is 47.6 Å². The fraction of sp³-hybridized carbons (Fsp3) is 0.944. The van der Waals surface area contributed by atoms with Crippen molar-refractivity contribution in [2.24, 2.45) is 0 Å². The number of likely N-dealkylation sites (tertiary alicyclic amines) is 1. The van der Waals surface area contributed by atoms with Crippen LogP contribution in [-0.4, -0.2) is 66.2 Å². The molecule has 0 aromatic carbocycles. The number of nitrogens with zero attached hydrogens (tertiary/aromatic N) is 2. The Kier molecular flexibility index (Phi) is 4.76. The summed E-state index contributed by atoms with van der Waals surface area (Å²) < 4.78 is 0. The number of hydrogen-bond acceptors (Lipinski definition) is 3. The molecule has 0 radical (unpaired) electrons. The minimum Gasteiger partial charge on any atom is -0.335 e. The van der Waals surface area contributed by atoms with Crippen LogP contribution in [-0.2, 0) is 0 Å². The molecule has 4 fully saturated rings. The number of rotatable bonds is 2. The van der Waals surface area contributed by atoms with E-state index in [1.54, 1.807) is 0 Å². The Hall–Kier alpha value is -0.810. The zero-order valence-corrected chi connectivity index (χ0v) is 14.3. The van der Waals surface area contributed by atoms with Crippen LogP contribution in [0.4, 0.5) is 4.79 Å². The number of carbonyl (C=O) groups excluding carboxylic acids is 1. The summed E-state index contributed by atoms with van der Waals surface area (Å²) in [6, 6.07) is 2.30. The summed E-state index contributed by atoms with van der Waals surface area (Å²) in [6.07, 6.45) is 11.2. The Bertz CT molecular complexity index is 403. The normalized spacial score (nSPS) is 33.8. The van der Waals surface area contributed by atoms with Gasteiger partial charge in [-0.1, -0.05) is 19.3 Å². The number of amides is 2. The number of nitrogens with one attached hydrogen (secondary N) is 2. The minimum atomic E-state index is 0.231. The Balaban J connectivity index is 1.35. The smallest absolute Gasteiger partial charge is 0.318 e. The molecule has 3 heterocycles. The quantitative estimate of drug-likeness (QED) is 0.817. The summed E-state index contributed by atoms with van der Waals surface area (Å²) in [6.45, 7) is 4.50. The molecule has 1 saturated carbocycles. The Morgan fingerprint density at radius 3 is 2.13 bits per heavy atom. The molecule has 3 saturated heterocycles. The Labute approximate surface area is 140 Å². The van der Waals surface area contributed by atoms with E-state index in [1.807, 2.05) is 0 Å². The summed E-state index contributed by atoms with van der Waals surface area (Å²) in [5, 5.41) is 6.81. The average Bonchev–Trinajstić information content (AvgIpc) is 2.87. The van der Waals surface area contributed by atoms with Crippen molar-refractivity contribution in [3.05, 3.63) is 0 Å². The first kappa shape index (κ1) is 15.7. The van der Waals surface area contributed by atoms with Gasteiger partial charge in [0.05, 0.1) is 0 Å². The molecule has 23 heavy (non-hydrogen) atoms. The second-order valence-corrected chi connectivity index (χ2v) is 8.01. The van der Waals surface area contributed by atoms with Gasteiger partial charge in [0.15, 0.2) is 0 Å². The van der Waals surface area contributed by atoms with Crippen LogP contribution in [0.3, 0.4) is 0 Å². The van der Waals surface area contributed by atoms with E-state index in [0.29, 0.717) is 18.1 Å². The highest BCUT2D eigenvalue weighted by molar-refractivity contribution is 5.76. The first-order valence-electron chi connectivity index (χ1n) is 9.85. The molecule has 2 bridgehead atoms. The van der Waals surface area contributed by atoms with Gasteiger partial charge in [-0.2, -0.15) is 0 Å². The molecule has 3 aliphatic heterocycles. The number of hydrogen-bond donors (Lipinski definition) is 2. The lowest BCUT2D eigenvalue weighted by Gasteiger charge is -2.45. The molecule has 4 aliphatic rings. The van der Waals surface area contributed by atoms with Crippen molar-refractivity contribution in [2.45, 2.75) is 82.0 Å². The number of fused-ring (bicyclic) bond motifs is 2. The maximum Gasteiger partial charge on any atom is 0.318 e. The molecule has 0 aromatic heterocycles. The molecule has 5 heteroatoms. The predicted molar refractivity (Wildman–Crippen MR) is 91.5 cm³/mol. The van der Waals surface area contributed by atoms with Crippen molar-refractivity contribution in [1.82, 2.24) is 20.4 Å². The summed E-state index contributed by atoms with van der Waals surface area (Å²) in [4.78, 5) is 17.7. The minimum absolute atomic E-state index is 0.231. The van der Waals surface area contributed by atoms with Crippen LogP contribution in [0.5, 0.6) is 0 Å². The largest absolute Gasteiger partial charge is 0.335 e. The third kappa shape index (κ3) is 3.36. The van der Waals surface area contributed by atoms with E-state index in [0.717, 1.165) is 32.2 Å². The van der Waals surface area contributed by atoms with Crippen molar-refractivity contribution in [2.75, 3.05) is 26.2 Å². The van der Waals surface area contributed by atoms with Gasteiger partial charge in [-0.15, -0.1) is 0 Å². The lowest BCUT2D eigenvalue weighted by molar-refractivity contribution is 0.0501. The number of piperazine rings is 1. The molecular formula is C18H32N4O. The van der Waals surface area contributed by atoms with E-state index < -0.39 is 0 Å². The molecule has 2 N–H and O–H groups in total. The SMILES string of the molecule is O=C(NC1CCCCC1)N1C2CCC1CN(C1CCNCC1)C2. The summed E-state index contributed by atoms with van der Waals surface area (Å²) in [7, 11) is 0. The highest BCUT2D eigenvalue weighted by Crippen LogP contribution is 2.32. The van der Waals surface area contributed by atoms with Gasteiger partial charge in [-0.25, -0.2) is 4.79 Å². The highest BCUT2D eigenvalue weighted by Gasteiger charge is 2.44. The molecule has 130 valence electrons. The highest BCUT2D eigenvalue weighted by atomic mass is 16.2. The van der Waals surface area contributed by atoms with Gasteiger partial charge in [0.25, 0.3) is 0 Å². The second-order valence-electron chi connectivity index (χ2n) is 8.01. The van der Waals surface area contributed by atoms with Gasteiger partial charge < -0.3 is 15.5 Å². The molecular weight excluding hydrogens is 288 g/mol. The standard InChI is InChI=1S/C18H32N4O/c23-18(20-14-4-2-1-3-5-14)22-16-6-7-17(22)13-21(12-16)15-8-10-19-11-9-15/h14-17,19H,1-13H2,(H,20,23). The van der Waals surface area contributed by atoms with Gasteiger partial charge in [0, 0.05) is 37.3 Å². The fourth-order valence-corrected chi connectivity index (χ4v) is 5.23. The molecule has 2 unspecified atom stereocenters. The number of urea groups is 1. The molecule has 4 rings (SSSR count). The third-order valence-electron chi connectivity index (χ3n) is 6.50. The van der Waals surface area contributed by atoms with E-state index in [-0.39, 0.29) is 6.03 Å². The van der Waals surface area contributed by atoms with E-state index in [1.165, 1.54) is 57.8 Å². The van der Waals surface area contributed by atoms with Gasteiger partial charge in [-0.3, -0.25) is 4.90 Å². The van der Waals surface area contributed by atoms with Crippen molar-refractivity contribution in [3.63, 3.8) is 0 Å². The zero-order valence-electron chi connectivity index (χ0n) is 14.3. The summed E-state index contributed by atoms with van der Waals surface area (Å²) in [5.41, 5.74) is 0. The van der Waals surface area contributed by atoms with E-state index in [2.05, 4.69) is 20.4 Å². The van der Waals surface area contributed by atoms with Gasteiger partial charge in [0.1, 0.15) is 0 Å². The number of carbonyl (C=O) groups is 1. The van der Waals surface area contributed by atoms with Gasteiger partial charge >= 0.3 is 6.03 Å². The first-order valence-corrected chi connectivity index (χ1v) is 9.85. The molecule has 0 spiro atoms. The van der Waals surface area contributed by atoms with E-state index in [4.69, 9.17) is 0 Å². The zero-order chi connectivity index (χ0) is 15.6. The molecule has 2 atom stereocenters. The van der Waals surface area contributed by atoms with Crippen LogP contribution in [0.2, 0.25) is 0 Å². The van der Waals surface area contributed by atoms with E-state index >= 15 is 0 Å². The van der Waals surface area contributed by atoms with Crippen molar-refractivity contribution in [3.8, 4) is 0 Å². The second kappa shape index (κ2) is 6.98. The van der Waals surface area contributed by atoms with Crippen LogP contribution in [0.15, 0.2) is 0 Å². The van der Waals surface area contributed by atoms with Crippen molar-refractivity contribution >= 4 is 6.03 Å². The van der Waals surface area contributed by atoms with Gasteiger partial charge in [-0.05, 0) is 51.6 Å². The molecule has 5 nitrogen and oxygen atoms in total. The third-order valence-corrected chi connectivity index (χ3v) is 6.50. The van der Waals surface area contributed by atoms with E-state index in [9.17, 15) is 4.79 Å². The Morgan fingerprint density at radius 1 is 0.826 bits per heavy atom. The predicted octanol–water partition coefficient (Wildman–Crippen LogP) is 1.93. The lowest BCUT2D eigenvalue weighted by atomic mass is 9.95. The maximum absolute atomic E-state index is 12.8. The molecule has 1 aliphatic carbocycles. The maximum atomic E-state index is 12.8. The summed E-state index contributed by atoms with van der Waals surface area (Å²) in [5.74, 6) is 0. The van der Waals surface area contributed by atoms with Crippen LogP contribution >= 0.6 is 0 Å². The van der Waals surface area contributed by atoms with Crippen LogP contribution < -0.4 is 10.6 Å². The molecule has 2 amide bonds. The average molecular weight is 320 g/mol. The molecule has 0 aromatic rings. The van der Waals surface area contributed by atoms with Crippen molar-refractivity contribution < 1.29 is 4.79 Å². The first-order chi connectivity index (χ1) is 11.3. The van der Waals surface area contributed by atoms with Gasteiger partial charge in [0.2, 0.25) is 0 Å². The van der Waals surface area contributed by atoms with Crippen LogP contribution in [0.1, 0.15) is 57.8 Å².